The topological polar surface area (TPSA) is 98.5 Å². The zero-order valence-electron chi connectivity index (χ0n) is 9.61. The second kappa shape index (κ2) is 4.74. The molecule has 1 aliphatic rings. The summed E-state index contributed by atoms with van der Waals surface area (Å²) < 4.78 is 0. The predicted octanol–water partition coefficient (Wildman–Crippen LogP) is 1.02. The minimum absolute atomic E-state index is 0.265. The van der Waals surface area contributed by atoms with Crippen molar-refractivity contribution in [3.63, 3.8) is 0 Å². The molecule has 19 heavy (non-hydrogen) atoms. The van der Waals surface area contributed by atoms with Gasteiger partial charge in [0.2, 0.25) is 0 Å². The van der Waals surface area contributed by atoms with E-state index in [1.165, 1.54) is 12.1 Å². The van der Waals surface area contributed by atoms with Gasteiger partial charge >= 0.3 is 5.97 Å². The van der Waals surface area contributed by atoms with Crippen molar-refractivity contribution in [3.05, 3.63) is 47.7 Å². The molecule has 0 fully saturated rings. The van der Waals surface area contributed by atoms with Crippen LogP contribution in [0.25, 0.3) is 0 Å². The third kappa shape index (κ3) is 2.09. The second-order valence-corrected chi connectivity index (χ2v) is 3.81. The maximum Gasteiger partial charge on any atom is 0.324 e. The number of carbonyl (C=O) groups is 3. The molecule has 6 nitrogen and oxygen atoms in total. The summed E-state index contributed by atoms with van der Waals surface area (Å²) in [5.41, 5.74) is 0.530. The van der Waals surface area contributed by atoms with Gasteiger partial charge in [-0.15, -0.1) is 0 Å². The third-order valence-electron chi connectivity index (χ3n) is 2.66. The van der Waals surface area contributed by atoms with Gasteiger partial charge in [-0.2, -0.15) is 5.26 Å². The van der Waals surface area contributed by atoms with Crippen molar-refractivity contribution in [1.29, 1.82) is 5.26 Å². The van der Waals surface area contributed by atoms with Crippen molar-refractivity contribution in [2.45, 2.75) is 0 Å². The Morgan fingerprint density at radius 2 is 1.79 bits per heavy atom. The van der Waals surface area contributed by atoms with E-state index in [2.05, 4.69) is 0 Å². The highest BCUT2D eigenvalue weighted by Gasteiger charge is 2.33. The number of benzene rings is 1. The Labute approximate surface area is 108 Å². The van der Waals surface area contributed by atoms with Crippen LogP contribution in [0.15, 0.2) is 36.5 Å². The molecule has 1 heterocycles. The lowest BCUT2D eigenvalue weighted by Gasteiger charge is -2.07. The number of nitrogens with zero attached hydrogens (tertiary/aromatic N) is 2. The number of fused-ring (bicyclic) bond motifs is 1. The Bertz CT molecular complexity index is 607. The highest BCUT2D eigenvalue weighted by Crippen LogP contribution is 2.22. The van der Waals surface area contributed by atoms with Crippen molar-refractivity contribution in [1.82, 2.24) is 4.90 Å². The second-order valence-electron chi connectivity index (χ2n) is 3.81. The van der Waals surface area contributed by atoms with Gasteiger partial charge in [-0.1, -0.05) is 12.1 Å². The Morgan fingerprint density at radius 1 is 1.26 bits per heavy atom. The van der Waals surface area contributed by atoms with Crippen LogP contribution in [0.4, 0.5) is 0 Å². The Kier molecular flexibility index (Phi) is 3.12. The first-order valence-electron chi connectivity index (χ1n) is 5.34. The molecule has 0 bridgehead atoms. The van der Waals surface area contributed by atoms with Crippen LogP contribution in [0.3, 0.4) is 0 Å². The molecule has 0 saturated carbocycles. The standard InChI is InChI=1S/C13H8N2O4/c14-7-8(13(18)19)5-6-15-11(16)9-3-1-2-4-10(9)12(15)17/h1-6,8H,(H,18,19). The number of nitriles is 1. The van der Waals surface area contributed by atoms with Crippen LogP contribution in [0.1, 0.15) is 20.7 Å². The third-order valence-corrected chi connectivity index (χ3v) is 2.66. The molecule has 0 radical (unpaired) electrons. The molecule has 0 spiro atoms. The molecule has 1 unspecified atom stereocenters. The van der Waals surface area contributed by atoms with Crippen molar-refractivity contribution < 1.29 is 19.5 Å². The fraction of sp³-hybridized carbons (Fsp3) is 0.0769. The zero-order chi connectivity index (χ0) is 14.0. The van der Waals surface area contributed by atoms with Crippen LogP contribution >= 0.6 is 0 Å². The smallest absolute Gasteiger partial charge is 0.324 e. The predicted molar refractivity (Wildman–Crippen MR) is 62.8 cm³/mol. The molecule has 1 N–H and O–H groups in total. The Morgan fingerprint density at radius 3 is 2.21 bits per heavy atom. The number of carbonyl (C=O) groups excluding carboxylic acids is 2. The van der Waals surface area contributed by atoms with Crippen LogP contribution in [-0.2, 0) is 4.79 Å². The van der Waals surface area contributed by atoms with Gasteiger partial charge in [0.1, 0.15) is 0 Å². The van der Waals surface area contributed by atoms with E-state index >= 15 is 0 Å². The highest BCUT2D eigenvalue weighted by molar-refractivity contribution is 6.22. The molecule has 1 aliphatic heterocycles. The number of hydrogen-bond donors (Lipinski definition) is 1. The van der Waals surface area contributed by atoms with Crippen molar-refractivity contribution >= 4 is 17.8 Å². The van der Waals surface area contributed by atoms with Crippen LogP contribution in [0, 0.1) is 17.2 Å². The first kappa shape index (κ1) is 12.5. The molecule has 94 valence electrons. The molecule has 0 saturated heterocycles. The minimum atomic E-state index is -1.40. The van der Waals surface area contributed by atoms with Crippen LogP contribution < -0.4 is 0 Å². The first-order chi connectivity index (χ1) is 9.06. The molecule has 0 aromatic heterocycles. The van der Waals surface area contributed by atoms with E-state index in [0.29, 0.717) is 0 Å². The maximum absolute atomic E-state index is 11.9. The number of rotatable bonds is 3. The first-order valence-corrected chi connectivity index (χ1v) is 5.34. The van der Waals surface area contributed by atoms with Gasteiger partial charge in [0.15, 0.2) is 5.92 Å². The lowest BCUT2D eigenvalue weighted by molar-refractivity contribution is -0.138. The van der Waals surface area contributed by atoms with Crippen molar-refractivity contribution in [3.8, 4) is 6.07 Å². The molecule has 6 heteroatoms. The lowest BCUT2D eigenvalue weighted by atomic mass is 10.1. The lowest BCUT2D eigenvalue weighted by Crippen LogP contribution is -2.24. The number of carboxylic acid groups (broad SMARTS) is 1. The molecule has 1 aromatic rings. The summed E-state index contributed by atoms with van der Waals surface area (Å²) in [4.78, 5) is 35.3. The van der Waals surface area contributed by atoms with E-state index in [4.69, 9.17) is 10.4 Å². The largest absolute Gasteiger partial charge is 0.480 e. The average Bonchev–Trinajstić information content (AvgIpc) is 2.64. The summed E-state index contributed by atoms with van der Waals surface area (Å²) in [5.74, 6) is -3.79. The van der Waals surface area contributed by atoms with E-state index in [1.807, 2.05) is 0 Å². The van der Waals surface area contributed by atoms with E-state index in [9.17, 15) is 14.4 Å². The Balaban J connectivity index is 2.29. The van der Waals surface area contributed by atoms with Crippen molar-refractivity contribution in [2.24, 2.45) is 5.92 Å². The number of imide groups is 1. The molecule has 1 atom stereocenters. The number of hydrogen-bond acceptors (Lipinski definition) is 4. The van der Waals surface area contributed by atoms with Gasteiger partial charge in [0.25, 0.3) is 11.8 Å². The monoisotopic (exact) mass is 256 g/mol. The summed E-state index contributed by atoms with van der Waals surface area (Å²) in [7, 11) is 0. The molecule has 1 aromatic carbocycles. The van der Waals surface area contributed by atoms with Crippen LogP contribution in [-0.4, -0.2) is 27.8 Å². The molecule has 2 rings (SSSR count). The van der Waals surface area contributed by atoms with Gasteiger partial charge < -0.3 is 5.11 Å². The van der Waals surface area contributed by atoms with E-state index in [-0.39, 0.29) is 11.1 Å². The fourth-order valence-corrected chi connectivity index (χ4v) is 1.70. The summed E-state index contributed by atoms with van der Waals surface area (Å²) in [6.07, 6.45) is 2.04. The minimum Gasteiger partial charge on any atom is -0.480 e. The van der Waals surface area contributed by atoms with E-state index < -0.39 is 23.7 Å². The molecular formula is C13H8N2O4. The Hall–Kier alpha value is -2.94. The SMILES string of the molecule is N#CC(C=CN1C(=O)c2ccccc2C1=O)C(=O)O. The highest BCUT2D eigenvalue weighted by atomic mass is 16.4. The fourth-order valence-electron chi connectivity index (χ4n) is 1.70. The summed E-state index contributed by atoms with van der Waals surface area (Å²) >= 11 is 0. The van der Waals surface area contributed by atoms with Crippen LogP contribution in [0.2, 0.25) is 0 Å². The maximum atomic E-state index is 11.9. The average molecular weight is 256 g/mol. The number of carboxylic acids is 1. The molecular weight excluding hydrogens is 248 g/mol. The molecule has 2 amide bonds. The van der Waals surface area contributed by atoms with E-state index in [1.54, 1.807) is 18.2 Å². The van der Waals surface area contributed by atoms with Crippen LogP contribution in [0.5, 0.6) is 0 Å². The van der Waals surface area contributed by atoms with Gasteiger partial charge in [-0.05, 0) is 18.2 Å². The van der Waals surface area contributed by atoms with Crippen molar-refractivity contribution in [2.75, 3.05) is 0 Å². The van der Waals surface area contributed by atoms with Gasteiger partial charge in [-0.25, -0.2) is 4.90 Å². The van der Waals surface area contributed by atoms with Gasteiger partial charge in [0.05, 0.1) is 17.2 Å². The van der Waals surface area contributed by atoms with E-state index in [0.717, 1.165) is 17.2 Å². The molecule has 0 aliphatic carbocycles. The number of aliphatic carboxylic acids is 1. The normalized spacial score (nSPS) is 15.4. The van der Waals surface area contributed by atoms with Gasteiger partial charge in [-0.3, -0.25) is 14.4 Å². The number of amides is 2. The summed E-state index contributed by atoms with van der Waals surface area (Å²) in [6.45, 7) is 0. The summed E-state index contributed by atoms with van der Waals surface area (Å²) in [5, 5.41) is 17.3. The summed E-state index contributed by atoms with van der Waals surface area (Å²) in [6, 6.07) is 7.84. The quantitative estimate of drug-likeness (QED) is 0.814. The zero-order valence-corrected chi connectivity index (χ0v) is 9.61. The van der Waals surface area contributed by atoms with Gasteiger partial charge in [0, 0.05) is 6.20 Å².